The van der Waals surface area contributed by atoms with Gasteiger partial charge in [0, 0.05) is 56.9 Å². The van der Waals surface area contributed by atoms with E-state index in [1.165, 1.54) is 0 Å². The number of esters is 1. The molecule has 14 nitrogen and oxygen atoms in total. The summed E-state index contributed by atoms with van der Waals surface area (Å²) in [4.78, 5) is 16.5. The van der Waals surface area contributed by atoms with E-state index in [9.17, 15) is 25.2 Å². The normalized spacial score (nSPS) is 50.7. The third-order valence-corrected chi connectivity index (χ3v) is 16.7. The molecule has 4 aliphatic carbocycles. The van der Waals surface area contributed by atoms with Crippen molar-refractivity contribution in [1.29, 1.82) is 0 Å². The first-order chi connectivity index (χ1) is 28.0. The topological polar surface area (TPSA) is 169 Å². The lowest BCUT2D eigenvalue weighted by molar-refractivity contribution is -0.329. The highest BCUT2D eigenvalue weighted by molar-refractivity contribution is 5.85. The first kappa shape index (κ1) is 44.3. The molecular weight excluding hydrogens is 760 g/mol. The largest absolute Gasteiger partial charge is 0.458 e. The summed E-state index contributed by atoms with van der Waals surface area (Å²) in [5, 5.41) is 47.2. The predicted molar refractivity (Wildman–Crippen MR) is 216 cm³/mol. The third kappa shape index (κ3) is 8.46. The second kappa shape index (κ2) is 17.4. The molecule has 0 amide bonds. The van der Waals surface area contributed by atoms with Crippen LogP contribution in [0.2, 0.25) is 0 Å². The number of fused-ring (bicyclic) bond motifs is 5. The van der Waals surface area contributed by atoms with Gasteiger partial charge in [-0.15, -0.1) is 0 Å². The van der Waals surface area contributed by atoms with Crippen LogP contribution in [0.4, 0.5) is 0 Å². The zero-order valence-corrected chi connectivity index (χ0v) is 36.6. The zero-order chi connectivity index (χ0) is 42.0. The van der Waals surface area contributed by atoms with Gasteiger partial charge in [0.25, 0.3) is 0 Å². The van der Waals surface area contributed by atoms with Crippen molar-refractivity contribution in [2.75, 3.05) is 46.9 Å². The maximum absolute atomic E-state index is 12.6. The van der Waals surface area contributed by atoms with Crippen molar-refractivity contribution >= 4 is 5.97 Å². The fourth-order valence-corrected chi connectivity index (χ4v) is 13.4. The van der Waals surface area contributed by atoms with Gasteiger partial charge < -0.3 is 58.5 Å². The van der Waals surface area contributed by atoms with Gasteiger partial charge in [-0.05, 0) is 121 Å². The molecule has 0 radical (unpaired) electrons. The molecule has 8 rings (SSSR count). The summed E-state index contributed by atoms with van der Waals surface area (Å²) in [7, 11) is 4.15. The summed E-state index contributed by atoms with van der Waals surface area (Å²) in [6.45, 7) is 14.1. The Labute approximate surface area is 351 Å². The lowest BCUT2D eigenvalue weighted by Gasteiger charge is -2.65. The Morgan fingerprint density at radius 1 is 0.814 bits per heavy atom. The highest BCUT2D eigenvalue weighted by Crippen LogP contribution is 2.70. The molecule has 4 heterocycles. The number of carbonyl (C=O) groups excluding carboxylic acids is 1. The maximum atomic E-state index is 12.6. The highest BCUT2D eigenvalue weighted by atomic mass is 16.7. The van der Waals surface area contributed by atoms with Gasteiger partial charge in [-0.25, -0.2) is 4.79 Å². The van der Waals surface area contributed by atoms with Crippen molar-refractivity contribution in [3.05, 3.63) is 11.6 Å². The van der Waals surface area contributed by atoms with Gasteiger partial charge in [0.2, 0.25) is 0 Å². The molecule has 14 heteroatoms. The van der Waals surface area contributed by atoms with Crippen LogP contribution in [0, 0.1) is 34.5 Å². The SMILES string of the molecule is CC1CN(CCN(C)C)CCC(O[C@@H]2[C@H](C)O[C@@H](O[C@@H]3[C@H](C)O[C@@H](O[C@H]4CC[C@@]5(C)C(CCC6C5C[C@H](O)[C@]5(C)[C@@H](C7=CC(=O)OC7)CC[C@]65O)C4)C[C@@H]3O)C[C@@H]2O)O1. The number of ether oxygens (including phenoxy) is 7. The maximum Gasteiger partial charge on any atom is 0.331 e. The Balaban J connectivity index is 0.815. The summed E-state index contributed by atoms with van der Waals surface area (Å²) in [6, 6.07) is 0. The quantitative estimate of drug-likeness (QED) is 0.187. The molecule has 59 heavy (non-hydrogen) atoms. The van der Waals surface area contributed by atoms with Gasteiger partial charge in [-0.1, -0.05) is 13.8 Å². The standard InChI is InChI=1S/C45H74N2O12/c1-25-23-47(17-16-46(6)7)15-12-38(54-25)58-41-26(2)56-40(22-35(41)49)59-42-27(3)55-39(21-34(42)48)57-30-10-13-43(4)29(19-30)8-9-32-33(43)20-36(50)44(5)31(11-14-45(32,44)52)28-18-37(51)53-24-28/h18,25-27,29-36,38-42,48-50,52H,8-17,19-24H2,1-7H3/t25?,26-,27-,29?,30-,31+,32?,33?,34-,35-,36-,38?,39-,40-,41+,42+,43-,44-,45-/m0/s1. The molecule has 4 N–H and O–H groups in total. The molecule has 7 fully saturated rings. The lowest BCUT2D eigenvalue weighted by Crippen LogP contribution is -2.67. The zero-order valence-electron chi connectivity index (χ0n) is 36.6. The van der Waals surface area contributed by atoms with E-state index in [0.717, 1.165) is 70.3 Å². The Morgan fingerprint density at radius 3 is 2.14 bits per heavy atom. The van der Waals surface area contributed by atoms with Crippen molar-refractivity contribution < 1.29 is 58.4 Å². The number of likely N-dealkylation sites (N-methyl/N-ethyl adjacent to an activating group) is 1. The minimum atomic E-state index is -1.00. The minimum Gasteiger partial charge on any atom is -0.458 e. The summed E-state index contributed by atoms with van der Waals surface area (Å²) in [5.74, 6) is 0.273. The molecule has 0 bridgehead atoms. The number of hydrogen-bond acceptors (Lipinski definition) is 14. The van der Waals surface area contributed by atoms with E-state index >= 15 is 0 Å². The number of nitrogens with zero attached hydrogens (tertiary/aromatic N) is 2. The first-order valence-electron chi connectivity index (χ1n) is 22.9. The van der Waals surface area contributed by atoms with Gasteiger partial charge in [0.15, 0.2) is 18.9 Å². The van der Waals surface area contributed by atoms with Crippen LogP contribution in [-0.4, -0.2) is 162 Å². The molecule has 8 aliphatic rings. The third-order valence-electron chi connectivity index (χ3n) is 16.7. The van der Waals surface area contributed by atoms with E-state index in [0.29, 0.717) is 25.2 Å². The van der Waals surface area contributed by atoms with Crippen molar-refractivity contribution in [2.45, 2.75) is 185 Å². The fourth-order valence-electron chi connectivity index (χ4n) is 13.4. The Bertz CT molecular complexity index is 1490. The average Bonchev–Trinajstić information content (AvgIpc) is 3.66. The van der Waals surface area contributed by atoms with E-state index in [2.05, 4.69) is 44.7 Å². The van der Waals surface area contributed by atoms with Crippen LogP contribution >= 0.6 is 0 Å². The van der Waals surface area contributed by atoms with E-state index in [1.807, 2.05) is 13.8 Å². The van der Waals surface area contributed by atoms with Gasteiger partial charge in [-0.2, -0.15) is 0 Å². The molecule has 0 spiro atoms. The van der Waals surface area contributed by atoms with E-state index in [-0.39, 0.29) is 60.8 Å². The summed E-state index contributed by atoms with van der Waals surface area (Å²) in [6.07, 6.45) is 3.09. The van der Waals surface area contributed by atoms with Crippen LogP contribution in [0.5, 0.6) is 0 Å². The number of hydrogen-bond donors (Lipinski definition) is 4. The molecule has 336 valence electrons. The Morgan fingerprint density at radius 2 is 1.49 bits per heavy atom. The molecule has 3 saturated heterocycles. The van der Waals surface area contributed by atoms with Crippen LogP contribution in [0.3, 0.4) is 0 Å². The monoisotopic (exact) mass is 835 g/mol. The summed E-state index contributed by atoms with van der Waals surface area (Å²) < 4.78 is 43.4. The summed E-state index contributed by atoms with van der Waals surface area (Å²) >= 11 is 0. The number of aliphatic hydroxyl groups is 4. The highest BCUT2D eigenvalue weighted by Gasteiger charge is 2.71. The van der Waals surface area contributed by atoms with Crippen LogP contribution in [0.15, 0.2) is 11.6 Å². The van der Waals surface area contributed by atoms with Crippen molar-refractivity contribution in [2.24, 2.45) is 34.5 Å². The van der Waals surface area contributed by atoms with Gasteiger partial charge in [0.05, 0.1) is 48.3 Å². The van der Waals surface area contributed by atoms with E-state index < -0.39 is 72.6 Å². The van der Waals surface area contributed by atoms with Crippen molar-refractivity contribution in [1.82, 2.24) is 9.80 Å². The Hall–Kier alpha value is -1.27. The number of rotatable bonds is 10. The molecule has 0 aromatic heterocycles. The van der Waals surface area contributed by atoms with Crippen LogP contribution in [-0.2, 0) is 38.0 Å². The second-order valence-electron chi connectivity index (χ2n) is 20.5. The minimum absolute atomic E-state index is 0.00360. The molecule has 4 aliphatic heterocycles. The lowest BCUT2D eigenvalue weighted by atomic mass is 9.42. The Kier molecular flexibility index (Phi) is 13.1. The van der Waals surface area contributed by atoms with Crippen molar-refractivity contribution in [3.63, 3.8) is 0 Å². The second-order valence-corrected chi connectivity index (χ2v) is 20.5. The number of carbonyl (C=O) groups is 1. The molecule has 0 aromatic carbocycles. The predicted octanol–water partition coefficient (Wildman–Crippen LogP) is 3.36. The van der Waals surface area contributed by atoms with Crippen LogP contribution in [0.25, 0.3) is 0 Å². The molecule has 5 unspecified atom stereocenters. The average molecular weight is 835 g/mol. The van der Waals surface area contributed by atoms with Gasteiger partial charge in [-0.3, -0.25) is 4.90 Å². The smallest absolute Gasteiger partial charge is 0.331 e. The van der Waals surface area contributed by atoms with Gasteiger partial charge in [0.1, 0.15) is 18.8 Å². The number of cyclic esters (lactones) is 1. The number of aliphatic hydroxyl groups excluding tert-OH is 3. The van der Waals surface area contributed by atoms with Crippen molar-refractivity contribution in [3.8, 4) is 0 Å². The molecular formula is C45H74N2O12. The molecule has 4 saturated carbocycles. The fraction of sp³-hybridized carbons (Fsp3) is 0.933. The molecule has 19 atom stereocenters. The van der Waals surface area contributed by atoms with Crippen LogP contribution < -0.4 is 0 Å². The van der Waals surface area contributed by atoms with E-state index in [1.54, 1.807) is 6.08 Å². The summed E-state index contributed by atoms with van der Waals surface area (Å²) in [5.41, 5.74) is -0.841. The molecule has 0 aromatic rings. The van der Waals surface area contributed by atoms with Crippen LogP contribution in [0.1, 0.15) is 105 Å². The first-order valence-corrected chi connectivity index (χ1v) is 22.9. The van der Waals surface area contributed by atoms with Gasteiger partial charge >= 0.3 is 5.97 Å². The van der Waals surface area contributed by atoms with E-state index in [4.69, 9.17) is 33.2 Å².